The first kappa shape index (κ1) is 21.3. The van der Waals surface area contributed by atoms with Crippen molar-refractivity contribution in [2.75, 3.05) is 18.0 Å². The van der Waals surface area contributed by atoms with Crippen LogP contribution in [0.5, 0.6) is 0 Å². The maximum atomic E-state index is 9.26. The summed E-state index contributed by atoms with van der Waals surface area (Å²) >= 11 is 1.67. The Hall–Kier alpha value is -3.56. The van der Waals surface area contributed by atoms with Crippen molar-refractivity contribution in [3.8, 4) is 17.3 Å². The summed E-state index contributed by atoms with van der Waals surface area (Å²) in [5.74, 6) is 1.19. The molecule has 0 radical (unpaired) electrons. The van der Waals surface area contributed by atoms with Gasteiger partial charge < -0.3 is 4.90 Å². The van der Waals surface area contributed by atoms with E-state index < -0.39 is 0 Å². The Morgan fingerprint density at radius 2 is 1.91 bits per heavy atom. The summed E-state index contributed by atoms with van der Waals surface area (Å²) in [6, 6.07) is 18.2. The van der Waals surface area contributed by atoms with E-state index in [1.807, 2.05) is 55.0 Å². The standard InChI is InChI=1S/C27H25N5S/c28-17-20-7-4-8-21(15-20)25-19-33-27(31-25)24(23-10-5-11-29-18-23)16-22-9-6-12-30-26(22)32-13-2-1-3-14-32/h4-12,15,18-19,24H,1-3,13-14,16H2. The van der Waals surface area contributed by atoms with Crippen molar-refractivity contribution in [2.45, 2.75) is 31.6 Å². The molecule has 1 saturated heterocycles. The predicted molar refractivity (Wildman–Crippen MR) is 132 cm³/mol. The number of anilines is 1. The minimum Gasteiger partial charge on any atom is -0.356 e. The zero-order valence-corrected chi connectivity index (χ0v) is 19.2. The second-order valence-corrected chi connectivity index (χ2v) is 9.23. The number of hydrogen-bond donors (Lipinski definition) is 0. The maximum absolute atomic E-state index is 9.26. The Morgan fingerprint density at radius 1 is 1.03 bits per heavy atom. The molecule has 1 fully saturated rings. The van der Waals surface area contributed by atoms with Crippen LogP contribution in [0, 0.1) is 11.3 Å². The first-order valence-corrected chi connectivity index (χ1v) is 12.2. The van der Waals surface area contributed by atoms with Crippen LogP contribution in [-0.4, -0.2) is 28.0 Å². The average molecular weight is 452 g/mol. The molecule has 0 spiro atoms. The van der Waals surface area contributed by atoms with E-state index in [0.29, 0.717) is 5.56 Å². The van der Waals surface area contributed by atoms with Gasteiger partial charge in [-0.1, -0.05) is 24.3 Å². The molecule has 0 aliphatic carbocycles. The van der Waals surface area contributed by atoms with Crippen molar-refractivity contribution in [2.24, 2.45) is 0 Å². The Labute approximate surface area is 198 Å². The predicted octanol–water partition coefficient (Wildman–Crippen LogP) is 5.84. The second kappa shape index (κ2) is 9.93. The van der Waals surface area contributed by atoms with Crippen molar-refractivity contribution in [3.63, 3.8) is 0 Å². The molecule has 5 rings (SSSR count). The van der Waals surface area contributed by atoms with E-state index in [4.69, 9.17) is 9.97 Å². The summed E-state index contributed by atoms with van der Waals surface area (Å²) in [6.45, 7) is 2.14. The number of nitrogens with zero attached hydrogens (tertiary/aromatic N) is 5. The fraction of sp³-hybridized carbons (Fsp3) is 0.259. The van der Waals surface area contributed by atoms with Crippen LogP contribution in [0.25, 0.3) is 11.3 Å². The van der Waals surface area contributed by atoms with Crippen LogP contribution in [0.4, 0.5) is 5.82 Å². The van der Waals surface area contributed by atoms with Gasteiger partial charge in [-0.2, -0.15) is 5.26 Å². The fourth-order valence-corrected chi connectivity index (χ4v) is 5.41. The highest BCUT2D eigenvalue weighted by Crippen LogP contribution is 2.35. The molecule has 1 aromatic carbocycles. The number of pyridine rings is 2. The van der Waals surface area contributed by atoms with E-state index in [9.17, 15) is 5.26 Å². The minimum atomic E-state index is 0.0874. The number of thiazole rings is 1. The van der Waals surface area contributed by atoms with Crippen molar-refractivity contribution in [3.05, 3.63) is 94.2 Å². The van der Waals surface area contributed by atoms with E-state index in [2.05, 4.69) is 33.5 Å². The third kappa shape index (κ3) is 4.79. The lowest BCUT2D eigenvalue weighted by molar-refractivity contribution is 0.571. The zero-order chi connectivity index (χ0) is 22.5. The highest BCUT2D eigenvalue weighted by Gasteiger charge is 2.23. The summed E-state index contributed by atoms with van der Waals surface area (Å²) in [7, 11) is 0. The van der Waals surface area contributed by atoms with Gasteiger partial charge in [-0.05, 0) is 61.1 Å². The number of aromatic nitrogens is 3. The molecule has 0 N–H and O–H groups in total. The average Bonchev–Trinajstić information content (AvgIpc) is 3.39. The lowest BCUT2D eigenvalue weighted by Crippen LogP contribution is -2.31. The summed E-state index contributed by atoms with van der Waals surface area (Å²) in [4.78, 5) is 16.6. The van der Waals surface area contributed by atoms with E-state index in [1.54, 1.807) is 11.3 Å². The maximum Gasteiger partial charge on any atom is 0.131 e. The molecule has 5 nitrogen and oxygen atoms in total. The highest BCUT2D eigenvalue weighted by molar-refractivity contribution is 7.10. The first-order valence-electron chi connectivity index (χ1n) is 11.4. The molecule has 1 aliphatic rings. The summed E-state index contributed by atoms with van der Waals surface area (Å²) in [5, 5.41) is 12.4. The van der Waals surface area contributed by atoms with Gasteiger partial charge in [0.1, 0.15) is 10.8 Å². The number of rotatable bonds is 6. The zero-order valence-electron chi connectivity index (χ0n) is 18.4. The van der Waals surface area contributed by atoms with Gasteiger partial charge in [0.25, 0.3) is 0 Å². The van der Waals surface area contributed by atoms with Gasteiger partial charge >= 0.3 is 0 Å². The van der Waals surface area contributed by atoms with Gasteiger partial charge in [0.05, 0.1) is 17.3 Å². The van der Waals surface area contributed by atoms with Crippen LogP contribution in [0.15, 0.2) is 72.5 Å². The minimum absolute atomic E-state index is 0.0874. The third-order valence-corrected chi connectivity index (χ3v) is 7.10. The number of hydrogen-bond acceptors (Lipinski definition) is 6. The lowest BCUT2D eigenvalue weighted by atomic mass is 9.93. The second-order valence-electron chi connectivity index (χ2n) is 8.34. The molecule has 4 aromatic rings. The molecular weight excluding hydrogens is 426 g/mol. The SMILES string of the molecule is N#Cc1cccc(-c2csc(C(Cc3cccnc3N3CCCCC3)c3cccnc3)n2)c1. The van der Waals surface area contributed by atoms with Gasteiger partial charge in [-0.15, -0.1) is 11.3 Å². The summed E-state index contributed by atoms with van der Waals surface area (Å²) in [6.07, 6.45) is 10.2. The van der Waals surface area contributed by atoms with Gasteiger partial charge in [0, 0.05) is 48.5 Å². The van der Waals surface area contributed by atoms with Crippen molar-refractivity contribution >= 4 is 17.2 Å². The smallest absolute Gasteiger partial charge is 0.131 e. The van der Waals surface area contributed by atoms with Gasteiger partial charge in [-0.3, -0.25) is 4.98 Å². The number of benzene rings is 1. The Bertz CT molecular complexity index is 1250. The molecule has 33 heavy (non-hydrogen) atoms. The Kier molecular flexibility index (Phi) is 6.41. The lowest BCUT2D eigenvalue weighted by Gasteiger charge is -2.30. The Balaban J connectivity index is 1.50. The molecule has 0 amide bonds. The Morgan fingerprint density at radius 3 is 2.73 bits per heavy atom. The monoisotopic (exact) mass is 451 g/mol. The quantitative estimate of drug-likeness (QED) is 0.369. The van der Waals surface area contributed by atoms with Crippen LogP contribution in [0.1, 0.15) is 46.9 Å². The highest BCUT2D eigenvalue weighted by atomic mass is 32.1. The molecule has 164 valence electrons. The van der Waals surface area contributed by atoms with E-state index >= 15 is 0 Å². The molecule has 0 bridgehead atoms. The van der Waals surface area contributed by atoms with E-state index in [-0.39, 0.29) is 5.92 Å². The van der Waals surface area contributed by atoms with Gasteiger partial charge in [0.15, 0.2) is 0 Å². The van der Waals surface area contributed by atoms with Crippen LogP contribution in [0.2, 0.25) is 0 Å². The molecule has 1 aliphatic heterocycles. The molecule has 6 heteroatoms. The summed E-state index contributed by atoms with van der Waals surface area (Å²) in [5.41, 5.74) is 4.92. The van der Waals surface area contributed by atoms with Crippen LogP contribution < -0.4 is 4.90 Å². The van der Waals surface area contributed by atoms with Crippen LogP contribution >= 0.6 is 11.3 Å². The van der Waals surface area contributed by atoms with Crippen molar-refractivity contribution in [1.29, 1.82) is 5.26 Å². The molecule has 1 unspecified atom stereocenters. The third-order valence-electron chi connectivity index (χ3n) is 6.14. The topological polar surface area (TPSA) is 65.7 Å². The molecule has 3 aromatic heterocycles. The van der Waals surface area contributed by atoms with Gasteiger partial charge in [0.2, 0.25) is 0 Å². The van der Waals surface area contributed by atoms with Crippen molar-refractivity contribution in [1.82, 2.24) is 15.0 Å². The fourth-order valence-electron chi connectivity index (χ4n) is 4.46. The van der Waals surface area contributed by atoms with Crippen LogP contribution in [-0.2, 0) is 6.42 Å². The molecular formula is C27H25N5S. The summed E-state index contributed by atoms with van der Waals surface area (Å²) < 4.78 is 0. The largest absolute Gasteiger partial charge is 0.356 e. The van der Waals surface area contributed by atoms with E-state index in [1.165, 1.54) is 24.8 Å². The molecule has 1 atom stereocenters. The van der Waals surface area contributed by atoms with Gasteiger partial charge in [-0.25, -0.2) is 9.97 Å². The first-order chi connectivity index (χ1) is 16.3. The number of piperidine rings is 1. The number of nitriles is 1. The molecule has 4 heterocycles. The molecule has 0 saturated carbocycles. The normalized spacial score (nSPS) is 14.6. The van der Waals surface area contributed by atoms with E-state index in [0.717, 1.165) is 47.2 Å². The van der Waals surface area contributed by atoms with Crippen molar-refractivity contribution < 1.29 is 0 Å². The van der Waals surface area contributed by atoms with Crippen LogP contribution in [0.3, 0.4) is 0 Å².